The van der Waals surface area contributed by atoms with Gasteiger partial charge in [-0.3, -0.25) is 0 Å². The van der Waals surface area contributed by atoms with Crippen LogP contribution in [0.3, 0.4) is 0 Å². The van der Waals surface area contributed by atoms with Crippen LogP contribution in [0.4, 0.5) is 4.39 Å². The Balaban J connectivity index is -0.00000177. The van der Waals surface area contributed by atoms with E-state index in [4.69, 9.17) is 0 Å². The second kappa shape index (κ2) is 21.9. The maximum Gasteiger partial charge on any atom is 0.130 e. The fraction of sp³-hybridized carbons (Fsp3) is 0.333. The van der Waals surface area contributed by atoms with Gasteiger partial charge in [0, 0.05) is 5.57 Å². The topological polar surface area (TPSA) is 0 Å². The highest BCUT2D eigenvalue weighted by atomic mass is 19.1. The largest absolute Gasteiger partial charge is 0.206 e. The van der Waals surface area contributed by atoms with Gasteiger partial charge in [-0.15, -0.1) is 0 Å². The highest BCUT2D eigenvalue weighted by molar-refractivity contribution is 5.52. The van der Waals surface area contributed by atoms with Crippen LogP contribution in [-0.4, -0.2) is 0 Å². The standard InChI is InChI=1S/C28H35F.C3H8.C2H6/c1-11-20(4)14-15-23(7)26(10)28(29)19-25(9)22(6)17-16-21(5)24(8)18-27(12-2)13-3;1-3-2;1-2/h12,14-19H,2,5-6,8-11,13H2,1,3-4,7H3;3H2,1-2H3;1-2H3/b17-16-,20-14+,23-15+,27-18+,28-19+;;. The Bertz CT molecular complexity index is 860. The number of halogens is 1. The van der Waals surface area contributed by atoms with Gasteiger partial charge in [-0.25, -0.2) is 4.39 Å². The summed E-state index contributed by atoms with van der Waals surface area (Å²) in [5.74, 6) is -0.425. The molecule has 0 N–H and O–H groups in total. The van der Waals surface area contributed by atoms with Crippen LogP contribution < -0.4 is 0 Å². The lowest BCUT2D eigenvalue weighted by Gasteiger charge is -2.06. The average Bonchev–Trinajstić information content (AvgIpc) is 2.84. The molecule has 34 heavy (non-hydrogen) atoms. The van der Waals surface area contributed by atoms with Crippen LogP contribution in [0.5, 0.6) is 0 Å². The van der Waals surface area contributed by atoms with Crippen LogP contribution >= 0.6 is 0 Å². The fourth-order valence-corrected chi connectivity index (χ4v) is 2.04. The van der Waals surface area contributed by atoms with Gasteiger partial charge in [-0.05, 0) is 66.2 Å². The van der Waals surface area contributed by atoms with E-state index >= 15 is 0 Å². The number of allylic oxidation sites excluding steroid dienone is 16. The molecule has 0 rings (SSSR count). The van der Waals surface area contributed by atoms with Crippen LogP contribution in [0.1, 0.15) is 74.7 Å². The summed E-state index contributed by atoms with van der Waals surface area (Å²) in [7, 11) is 0. The van der Waals surface area contributed by atoms with Crippen molar-refractivity contribution >= 4 is 0 Å². The first kappa shape index (κ1) is 35.7. The van der Waals surface area contributed by atoms with Gasteiger partial charge >= 0.3 is 0 Å². The minimum Gasteiger partial charge on any atom is -0.206 e. The predicted octanol–water partition coefficient (Wildman–Crippen LogP) is 11.4. The third-order valence-electron chi connectivity index (χ3n) is 4.58. The molecule has 0 radical (unpaired) electrons. The van der Waals surface area contributed by atoms with E-state index < -0.39 is 5.83 Å². The van der Waals surface area contributed by atoms with Crippen LogP contribution in [0.25, 0.3) is 0 Å². The van der Waals surface area contributed by atoms with E-state index in [-0.39, 0.29) is 0 Å². The summed E-state index contributed by atoms with van der Waals surface area (Å²) in [6, 6.07) is 0. The van der Waals surface area contributed by atoms with Crippen LogP contribution in [0, 0.1) is 0 Å². The first-order valence-electron chi connectivity index (χ1n) is 12.2. The number of rotatable bonds is 12. The summed E-state index contributed by atoms with van der Waals surface area (Å²) in [6.07, 6.45) is 15.6. The third-order valence-corrected chi connectivity index (χ3v) is 4.58. The average molecular weight is 465 g/mol. The molecular formula is C33H49F. The van der Waals surface area contributed by atoms with E-state index in [0.29, 0.717) is 16.7 Å². The third kappa shape index (κ3) is 16.7. The van der Waals surface area contributed by atoms with Crippen molar-refractivity contribution in [1.82, 2.24) is 0 Å². The van der Waals surface area contributed by atoms with Gasteiger partial charge in [0.05, 0.1) is 0 Å². The Labute approximate surface area is 211 Å². The molecule has 0 saturated carbocycles. The molecule has 1 heteroatoms. The lowest BCUT2D eigenvalue weighted by atomic mass is 10.0. The maximum absolute atomic E-state index is 14.5. The molecule has 0 amide bonds. The van der Waals surface area contributed by atoms with Gasteiger partial charge in [0.25, 0.3) is 0 Å². The van der Waals surface area contributed by atoms with Gasteiger partial charge in [0.15, 0.2) is 0 Å². The van der Waals surface area contributed by atoms with E-state index in [0.717, 1.165) is 35.1 Å². The Morgan fingerprint density at radius 2 is 1.15 bits per heavy atom. The Hall–Kier alpha value is -2.93. The molecule has 0 bridgehead atoms. The summed E-state index contributed by atoms with van der Waals surface area (Å²) in [5, 5.41) is 0. The predicted molar refractivity (Wildman–Crippen MR) is 158 cm³/mol. The number of hydrogen-bond acceptors (Lipinski definition) is 0. The molecule has 0 saturated heterocycles. The maximum atomic E-state index is 14.5. The molecule has 0 unspecified atom stereocenters. The number of hydrogen-bond donors (Lipinski definition) is 0. The van der Waals surface area contributed by atoms with Crippen LogP contribution in [0.2, 0.25) is 0 Å². The van der Waals surface area contributed by atoms with E-state index in [1.807, 2.05) is 45.9 Å². The second-order valence-electron chi connectivity index (χ2n) is 7.61. The van der Waals surface area contributed by atoms with E-state index in [1.165, 1.54) is 18.1 Å². The van der Waals surface area contributed by atoms with Crippen molar-refractivity contribution in [3.63, 3.8) is 0 Å². The highest BCUT2D eigenvalue weighted by Gasteiger charge is 2.05. The Morgan fingerprint density at radius 3 is 1.53 bits per heavy atom. The van der Waals surface area contributed by atoms with Gasteiger partial charge in [0.1, 0.15) is 5.83 Å². The SMILES string of the molecule is C=C/C(=C\C(=C)C(=C)/C=C\C(=C)C(=C)/C=C(/F)C(=C)/C(C)=C/C=C(\C)CC)CC.CC.CCC. The van der Waals surface area contributed by atoms with Crippen molar-refractivity contribution in [3.8, 4) is 0 Å². The normalized spacial score (nSPS) is 12.1. The molecule has 0 aromatic carbocycles. The smallest absolute Gasteiger partial charge is 0.130 e. The van der Waals surface area contributed by atoms with Gasteiger partial charge in [-0.1, -0.05) is 129 Å². The first-order valence-corrected chi connectivity index (χ1v) is 12.2. The molecule has 0 aromatic rings. The Kier molecular flexibility index (Phi) is 23.0. The van der Waals surface area contributed by atoms with E-state index in [9.17, 15) is 4.39 Å². The molecular weight excluding hydrogens is 415 g/mol. The van der Waals surface area contributed by atoms with Crippen molar-refractivity contribution in [2.45, 2.75) is 74.7 Å². The van der Waals surface area contributed by atoms with Crippen molar-refractivity contribution in [2.75, 3.05) is 0 Å². The molecule has 0 aliphatic carbocycles. The molecule has 0 heterocycles. The molecule has 0 aliphatic heterocycles. The van der Waals surface area contributed by atoms with Crippen LogP contribution in [-0.2, 0) is 0 Å². The molecule has 0 aliphatic rings. The molecule has 0 nitrogen and oxygen atoms in total. The quantitative estimate of drug-likeness (QED) is 0.252. The summed E-state index contributed by atoms with van der Waals surface area (Å²) in [5.41, 5.74) is 6.02. The summed E-state index contributed by atoms with van der Waals surface area (Å²) in [6.45, 7) is 39.8. The molecule has 0 aromatic heterocycles. The zero-order valence-electron chi connectivity index (χ0n) is 23.3. The second-order valence-corrected chi connectivity index (χ2v) is 7.61. The molecule has 188 valence electrons. The Morgan fingerprint density at radius 1 is 0.706 bits per heavy atom. The van der Waals surface area contributed by atoms with Gasteiger partial charge in [-0.2, -0.15) is 0 Å². The van der Waals surface area contributed by atoms with Gasteiger partial charge in [0.2, 0.25) is 0 Å². The van der Waals surface area contributed by atoms with Crippen molar-refractivity contribution < 1.29 is 4.39 Å². The minimum absolute atomic E-state index is 0.336. The zero-order valence-corrected chi connectivity index (χ0v) is 23.3. The van der Waals surface area contributed by atoms with Crippen molar-refractivity contribution in [3.05, 3.63) is 132 Å². The first-order chi connectivity index (χ1) is 16.0. The molecule has 0 fully saturated rings. The summed E-state index contributed by atoms with van der Waals surface area (Å²) >= 11 is 0. The van der Waals surface area contributed by atoms with Crippen LogP contribution in [0.15, 0.2) is 132 Å². The fourth-order valence-electron chi connectivity index (χ4n) is 2.04. The molecule has 0 spiro atoms. The minimum atomic E-state index is -0.425. The van der Waals surface area contributed by atoms with E-state index in [1.54, 1.807) is 18.2 Å². The van der Waals surface area contributed by atoms with Crippen molar-refractivity contribution in [1.29, 1.82) is 0 Å². The lowest BCUT2D eigenvalue weighted by molar-refractivity contribution is 0.654. The van der Waals surface area contributed by atoms with Crippen molar-refractivity contribution in [2.24, 2.45) is 0 Å². The molecule has 0 atom stereocenters. The summed E-state index contributed by atoms with van der Waals surface area (Å²) < 4.78 is 14.5. The lowest BCUT2D eigenvalue weighted by Crippen LogP contribution is -1.88. The monoisotopic (exact) mass is 464 g/mol. The zero-order chi connectivity index (χ0) is 27.3. The van der Waals surface area contributed by atoms with E-state index in [2.05, 4.69) is 67.2 Å². The van der Waals surface area contributed by atoms with Gasteiger partial charge < -0.3 is 0 Å². The highest BCUT2D eigenvalue weighted by Crippen LogP contribution is 2.23. The summed E-state index contributed by atoms with van der Waals surface area (Å²) in [4.78, 5) is 0.